The molecule has 1 aromatic heterocycles. The summed E-state index contributed by atoms with van der Waals surface area (Å²) in [5.41, 5.74) is 2.34. The van der Waals surface area contributed by atoms with Gasteiger partial charge in [-0.1, -0.05) is 30.3 Å². The zero-order valence-electron chi connectivity index (χ0n) is 14.5. The molecule has 0 fully saturated rings. The fourth-order valence-corrected chi connectivity index (χ4v) is 2.58. The van der Waals surface area contributed by atoms with Gasteiger partial charge in [-0.05, 0) is 24.6 Å². The SMILES string of the molecule is CCOC(=O)CNC(=O)c1c[nH]c2cc(OCc3ccccc3)ccc12. The van der Waals surface area contributed by atoms with Gasteiger partial charge in [-0.2, -0.15) is 0 Å². The van der Waals surface area contributed by atoms with E-state index in [4.69, 9.17) is 9.47 Å². The van der Waals surface area contributed by atoms with Crippen LogP contribution in [-0.4, -0.2) is 30.0 Å². The molecule has 0 spiro atoms. The summed E-state index contributed by atoms with van der Waals surface area (Å²) in [5.74, 6) is -0.0822. The quantitative estimate of drug-likeness (QED) is 0.641. The van der Waals surface area contributed by atoms with Crippen molar-refractivity contribution in [1.82, 2.24) is 10.3 Å². The Balaban J connectivity index is 1.66. The van der Waals surface area contributed by atoms with E-state index in [0.717, 1.165) is 16.5 Å². The molecule has 0 saturated heterocycles. The maximum absolute atomic E-state index is 12.3. The minimum absolute atomic E-state index is 0.155. The van der Waals surface area contributed by atoms with Crippen molar-refractivity contribution >= 4 is 22.8 Å². The van der Waals surface area contributed by atoms with E-state index in [9.17, 15) is 9.59 Å². The van der Waals surface area contributed by atoms with Crippen molar-refractivity contribution in [3.05, 3.63) is 65.9 Å². The summed E-state index contributed by atoms with van der Waals surface area (Å²) < 4.78 is 10.6. The fraction of sp³-hybridized carbons (Fsp3) is 0.200. The largest absolute Gasteiger partial charge is 0.489 e. The van der Waals surface area contributed by atoms with Crippen molar-refractivity contribution in [3.8, 4) is 5.75 Å². The number of esters is 1. The number of aromatic nitrogens is 1. The number of H-pyrrole nitrogens is 1. The van der Waals surface area contributed by atoms with Crippen LogP contribution < -0.4 is 10.1 Å². The van der Waals surface area contributed by atoms with Gasteiger partial charge in [-0.25, -0.2) is 0 Å². The summed E-state index contributed by atoms with van der Waals surface area (Å²) in [6, 6.07) is 15.4. The Bertz CT molecular complexity index is 903. The van der Waals surface area contributed by atoms with Crippen LogP contribution in [0.4, 0.5) is 0 Å². The van der Waals surface area contributed by atoms with Crippen LogP contribution in [0.1, 0.15) is 22.8 Å². The third kappa shape index (κ3) is 4.22. The van der Waals surface area contributed by atoms with Crippen LogP contribution in [0.5, 0.6) is 5.75 Å². The van der Waals surface area contributed by atoms with Crippen molar-refractivity contribution < 1.29 is 19.1 Å². The van der Waals surface area contributed by atoms with Gasteiger partial charge < -0.3 is 19.8 Å². The third-order valence-electron chi connectivity index (χ3n) is 3.84. The minimum Gasteiger partial charge on any atom is -0.489 e. The molecular formula is C20H20N2O4. The Morgan fingerprint density at radius 2 is 1.92 bits per heavy atom. The first-order chi connectivity index (χ1) is 12.7. The van der Waals surface area contributed by atoms with Gasteiger partial charge in [-0.3, -0.25) is 9.59 Å². The van der Waals surface area contributed by atoms with Crippen molar-refractivity contribution in [2.75, 3.05) is 13.2 Å². The summed E-state index contributed by atoms with van der Waals surface area (Å²) in [7, 11) is 0. The number of hydrogen-bond acceptors (Lipinski definition) is 4. The highest BCUT2D eigenvalue weighted by atomic mass is 16.5. The standard InChI is InChI=1S/C20H20N2O4/c1-2-25-19(23)12-22-20(24)17-11-21-18-10-15(8-9-16(17)18)26-13-14-6-4-3-5-7-14/h3-11,21H,2,12-13H2,1H3,(H,22,24). The number of fused-ring (bicyclic) bond motifs is 1. The van der Waals surface area contributed by atoms with Gasteiger partial charge in [0.2, 0.25) is 0 Å². The highest BCUT2D eigenvalue weighted by Gasteiger charge is 2.14. The number of nitrogens with one attached hydrogen (secondary N) is 2. The predicted octanol–water partition coefficient (Wildman–Crippen LogP) is 3.04. The van der Waals surface area contributed by atoms with Crippen molar-refractivity contribution in [3.63, 3.8) is 0 Å². The van der Waals surface area contributed by atoms with Crippen LogP contribution in [0.2, 0.25) is 0 Å². The van der Waals surface area contributed by atoms with E-state index in [2.05, 4.69) is 10.3 Å². The molecule has 2 aromatic carbocycles. The Hall–Kier alpha value is -3.28. The molecule has 0 aliphatic heterocycles. The Morgan fingerprint density at radius 3 is 2.69 bits per heavy atom. The molecule has 0 aliphatic rings. The summed E-state index contributed by atoms with van der Waals surface area (Å²) >= 11 is 0. The molecule has 1 heterocycles. The molecule has 6 heteroatoms. The molecule has 0 unspecified atom stereocenters. The van der Waals surface area contributed by atoms with E-state index >= 15 is 0 Å². The topological polar surface area (TPSA) is 80.4 Å². The van der Waals surface area contributed by atoms with E-state index in [1.807, 2.05) is 48.5 Å². The van der Waals surface area contributed by atoms with E-state index in [0.29, 0.717) is 17.9 Å². The van der Waals surface area contributed by atoms with Crippen LogP contribution in [0.15, 0.2) is 54.7 Å². The average molecular weight is 352 g/mol. The fourth-order valence-electron chi connectivity index (χ4n) is 2.58. The molecule has 0 bridgehead atoms. The van der Waals surface area contributed by atoms with Crippen LogP contribution in [0.3, 0.4) is 0 Å². The van der Waals surface area contributed by atoms with Gasteiger partial charge in [0.05, 0.1) is 12.2 Å². The van der Waals surface area contributed by atoms with Gasteiger partial charge in [-0.15, -0.1) is 0 Å². The van der Waals surface area contributed by atoms with Gasteiger partial charge in [0.15, 0.2) is 0 Å². The highest BCUT2D eigenvalue weighted by molar-refractivity contribution is 6.07. The number of hydrogen-bond donors (Lipinski definition) is 2. The molecule has 3 aromatic rings. The van der Waals surface area contributed by atoms with Crippen molar-refractivity contribution in [1.29, 1.82) is 0 Å². The number of ether oxygens (including phenoxy) is 2. The highest BCUT2D eigenvalue weighted by Crippen LogP contribution is 2.24. The first-order valence-corrected chi connectivity index (χ1v) is 8.39. The molecular weight excluding hydrogens is 332 g/mol. The Morgan fingerprint density at radius 1 is 1.12 bits per heavy atom. The monoisotopic (exact) mass is 352 g/mol. The number of rotatable bonds is 7. The zero-order chi connectivity index (χ0) is 18.4. The number of amides is 1. The molecule has 0 radical (unpaired) electrons. The van der Waals surface area contributed by atoms with Gasteiger partial charge in [0, 0.05) is 23.2 Å². The lowest BCUT2D eigenvalue weighted by Gasteiger charge is -2.07. The number of benzene rings is 2. The van der Waals surface area contributed by atoms with Gasteiger partial charge >= 0.3 is 5.97 Å². The molecule has 3 rings (SSSR count). The van der Waals surface area contributed by atoms with E-state index in [-0.39, 0.29) is 19.1 Å². The van der Waals surface area contributed by atoms with Crippen LogP contribution >= 0.6 is 0 Å². The number of aromatic amines is 1. The molecule has 26 heavy (non-hydrogen) atoms. The molecule has 2 N–H and O–H groups in total. The maximum Gasteiger partial charge on any atom is 0.325 e. The smallest absolute Gasteiger partial charge is 0.325 e. The maximum atomic E-state index is 12.3. The summed E-state index contributed by atoms with van der Waals surface area (Å²) in [4.78, 5) is 26.7. The molecule has 6 nitrogen and oxygen atoms in total. The molecule has 134 valence electrons. The van der Waals surface area contributed by atoms with E-state index < -0.39 is 5.97 Å². The lowest BCUT2D eigenvalue weighted by molar-refractivity contribution is -0.141. The van der Waals surface area contributed by atoms with Crippen LogP contribution in [0, 0.1) is 0 Å². The van der Waals surface area contributed by atoms with E-state index in [1.165, 1.54) is 0 Å². The summed E-state index contributed by atoms with van der Waals surface area (Å²) in [6.07, 6.45) is 1.62. The average Bonchev–Trinajstić information content (AvgIpc) is 3.09. The van der Waals surface area contributed by atoms with Crippen molar-refractivity contribution in [2.24, 2.45) is 0 Å². The normalized spacial score (nSPS) is 10.5. The first kappa shape index (κ1) is 17.5. The Kier molecular flexibility index (Phi) is 5.53. The minimum atomic E-state index is -0.461. The third-order valence-corrected chi connectivity index (χ3v) is 3.84. The lowest BCUT2D eigenvalue weighted by Crippen LogP contribution is -2.30. The summed E-state index contributed by atoms with van der Waals surface area (Å²) in [6.45, 7) is 2.32. The molecule has 0 atom stereocenters. The van der Waals surface area contributed by atoms with Crippen molar-refractivity contribution in [2.45, 2.75) is 13.5 Å². The predicted molar refractivity (Wildman–Crippen MR) is 98.0 cm³/mol. The first-order valence-electron chi connectivity index (χ1n) is 8.39. The van der Waals surface area contributed by atoms with E-state index in [1.54, 1.807) is 13.1 Å². The molecule has 0 aliphatic carbocycles. The van der Waals surface area contributed by atoms with Crippen LogP contribution in [-0.2, 0) is 16.1 Å². The second-order valence-corrected chi connectivity index (χ2v) is 5.67. The summed E-state index contributed by atoms with van der Waals surface area (Å²) in [5, 5.41) is 3.32. The van der Waals surface area contributed by atoms with Gasteiger partial charge in [0.25, 0.3) is 5.91 Å². The van der Waals surface area contributed by atoms with Crippen LogP contribution in [0.25, 0.3) is 10.9 Å². The number of carbonyl (C=O) groups excluding carboxylic acids is 2. The zero-order valence-corrected chi connectivity index (χ0v) is 14.5. The van der Waals surface area contributed by atoms with Gasteiger partial charge in [0.1, 0.15) is 18.9 Å². The Labute approximate surface area is 151 Å². The molecule has 0 saturated carbocycles. The second-order valence-electron chi connectivity index (χ2n) is 5.67. The second kappa shape index (κ2) is 8.20. The molecule has 1 amide bonds. The number of carbonyl (C=O) groups is 2. The lowest BCUT2D eigenvalue weighted by atomic mass is 10.1.